The van der Waals surface area contributed by atoms with Crippen molar-refractivity contribution in [3.63, 3.8) is 0 Å². The second kappa shape index (κ2) is 7.30. The summed E-state index contributed by atoms with van der Waals surface area (Å²) in [6, 6.07) is 15.8. The Hall–Kier alpha value is -2.30. The molecule has 0 unspecified atom stereocenters. The van der Waals surface area contributed by atoms with Crippen molar-refractivity contribution in [3.05, 3.63) is 59.8 Å². The lowest BCUT2D eigenvalue weighted by Gasteiger charge is -2.24. The lowest BCUT2D eigenvalue weighted by atomic mass is 10.1. The molecule has 4 nitrogen and oxygen atoms in total. The number of anilines is 2. The van der Waals surface area contributed by atoms with Gasteiger partial charge in [0.05, 0.1) is 10.7 Å². The van der Waals surface area contributed by atoms with Crippen LogP contribution in [0.15, 0.2) is 54.7 Å². The van der Waals surface area contributed by atoms with Gasteiger partial charge < -0.3 is 15.4 Å². The summed E-state index contributed by atoms with van der Waals surface area (Å²) < 4.78 is 6.14. The number of pyridine rings is 1. The summed E-state index contributed by atoms with van der Waals surface area (Å²) in [5.74, 6) is 1.67. The number of piperidine rings is 1. The molecular formula is C20H20ClN3O. The van der Waals surface area contributed by atoms with Crippen molar-refractivity contribution in [2.24, 2.45) is 0 Å². The third-order valence-electron chi connectivity index (χ3n) is 4.42. The second-order valence-corrected chi connectivity index (χ2v) is 6.66. The van der Waals surface area contributed by atoms with Crippen molar-refractivity contribution < 1.29 is 4.74 Å². The third-order valence-corrected chi connectivity index (χ3v) is 4.75. The molecule has 1 aliphatic rings. The Labute approximate surface area is 152 Å². The molecule has 0 aliphatic carbocycles. The molecule has 5 heteroatoms. The summed E-state index contributed by atoms with van der Waals surface area (Å²) in [4.78, 5) is 4.47. The molecule has 4 rings (SSSR count). The van der Waals surface area contributed by atoms with Crippen LogP contribution in [-0.2, 0) is 0 Å². The van der Waals surface area contributed by atoms with E-state index in [1.807, 2.05) is 42.6 Å². The van der Waals surface area contributed by atoms with E-state index in [2.05, 4.69) is 27.8 Å². The summed E-state index contributed by atoms with van der Waals surface area (Å²) in [5, 5.41) is 9.48. The number of halogens is 1. The highest BCUT2D eigenvalue weighted by Gasteiger charge is 2.14. The van der Waals surface area contributed by atoms with E-state index < -0.39 is 0 Å². The number of ether oxygens (including phenoxy) is 1. The Bertz CT molecular complexity index is 878. The number of para-hydroxylation sites is 1. The predicted octanol–water partition coefficient (Wildman–Crippen LogP) is 4.76. The summed E-state index contributed by atoms with van der Waals surface area (Å²) in [6.07, 6.45) is 4.26. The molecule has 1 saturated heterocycles. The lowest BCUT2D eigenvalue weighted by Crippen LogP contribution is -2.34. The van der Waals surface area contributed by atoms with Crippen LogP contribution in [0.2, 0.25) is 5.02 Å². The molecule has 25 heavy (non-hydrogen) atoms. The summed E-state index contributed by atoms with van der Waals surface area (Å²) in [7, 11) is 0. The molecule has 0 saturated carbocycles. The highest BCUT2D eigenvalue weighted by atomic mass is 35.5. The molecule has 0 spiro atoms. The van der Waals surface area contributed by atoms with E-state index in [-0.39, 0.29) is 0 Å². The van der Waals surface area contributed by atoms with Gasteiger partial charge in [-0.05, 0) is 67.7 Å². The van der Waals surface area contributed by atoms with Gasteiger partial charge in [0.15, 0.2) is 0 Å². The Morgan fingerprint density at radius 2 is 1.88 bits per heavy atom. The van der Waals surface area contributed by atoms with E-state index >= 15 is 0 Å². The zero-order chi connectivity index (χ0) is 17.1. The molecule has 1 aliphatic heterocycles. The normalized spacial score (nSPS) is 15.2. The number of aromatic nitrogens is 1. The molecule has 0 amide bonds. The van der Waals surface area contributed by atoms with Crippen molar-refractivity contribution in [3.8, 4) is 5.75 Å². The average Bonchev–Trinajstić information content (AvgIpc) is 2.64. The number of fused-ring (bicyclic) bond motifs is 1. The fourth-order valence-corrected chi connectivity index (χ4v) is 3.25. The van der Waals surface area contributed by atoms with Crippen molar-refractivity contribution in [1.29, 1.82) is 0 Å². The molecule has 1 aromatic heterocycles. The number of hydrogen-bond donors (Lipinski definition) is 2. The highest BCUT2D eigenvalue weighted by molar-refractivity contribution is 6.33. The van der Waals surface area contributed by atoms with E-state index in [1.165, 1.54) is 0 Å². The topological polar surface area (TPSA) is 46.2 Å². The van der Waals surface area contributed by atoms with Gasteiger partial charge in [-0.2, -0.15) is 0 Å². The quantitative estimate of drug-likeness (QED) is 0.709. The number of hydrogen-bond acceptors (Lipinski definition) is 4. The van der Waals surface area contributed by atoms with Gasteiger partial charge >= 0.3 is 0 Å². The van der Waals surface area contributed by atoms with Crippen LogP contribution in [-0.4, -0.2) is 24.2 Å². The minimum atomic E-state index is 0.293. The maximum atomic E-state index is 6.21. The molecule has 2 aromatic carbocycles. The van der Waals surface area contributed by atoms with Crippen LogP contribution >= 0.6 is 11.6 Å². The Kier molecular flexibility index (Phi) is 4.72. The Morgan fingerprint density at radius 1 is 1.04 bits per heavy atom. The molecule has 3 aromatic rings. The summed E-state index contributed by atoms with van der Waals surface area (Å²) >= 11 is 6.21. The minimum absolute atomic E-state index is 0.293. The first-order valence-electron chi connectivity index (χ1n) is 8.57. The van der Waals surface area contributed by atoms with Gasteiger partial charge in [0, 0.05) is 11.6 Å². The maximum Gasteiger partial charge on any atom is 0.130 e. The van der Waals surface area contributed by atoms with Crippen LogP contribution in [0.4, 0.5) is 11.5 Å². The Morgan fingerprint density at radius 3 is 2.72 bits per heavy atom. The van der Waals surface area contributed by atoms with Gasteiger partial charge in [0.1, 0.15) is 17.7 Å². The van der Waals surface area contributed by atoms with Crippen molar-refractivity contribution in [1.82, 2.24) is 10.3 Å². The van der Waals surface area contributed by atoms with Gasteiger partial charge in [0.2, 0.25) is 0 Å². The van der Waals surface area contributed by atoms with Crippen LogP contribution < -0.4 is 15.4 Å². The van der Waals surface area contributed by atoms with Crippen LogP contribution in [0, 0.1) is 0 Å². The lowest BCUT2D eigenvalue weighted by molar-refractivity contribution is 0.162. The number of benzene rings is 2. The molecular weight excluding hydrogens is 334 g/mol. The van der Waals surface area contributed by atoms with Gasteiger partial charge in [0.25, 0.3) is 0 Å². The van der Waals surface area contributed by atoms with Crippen molar-refractivity contribution >= 4 is 33.9 Å². The fraction of sp³-hybridized carbons (Fsp3) is 0.250. The van der Waals surface area contributed by atoms with E-state index in [9.17, 15) is 0 Å². The standard InChI is InChI=1S/C20H20ClN3O/c21-18-3-1-2-4-19(18)24-20-12-15-11-17(6-5-14(15)13-23-20)25-16-7-9-22-10-8-16/h1-6,11-13,16,22H,7-10H2,(H,23,24). The van der Waals surface area contributed by atoms with E-state index in [1.54, 1.807) is 0 Å². The molecule has 2 N–H and O–H groups in total. The smallest absolute Gasteiger partial charge is 0.130 e. The van der Waals surface area contributed by atoms with Crippen molar-refractivity contribution in [2.45, 2.75) is 18.9 Å². The maximum absolute atomic E-state index is 6.21. The molecule has 128 valence electrons. The number of rotatable bonds is 4. The first-order chi connectivity index (χ1) is 12.3. The summed E-state index contributed by atoms with van der Waals surface area (Å²) in [5.41, 5.74) is 0.845. The van der Waals surface area contributed by atoms with E-state index in [0.29, 0.717) is 11.1 Å². The molecule has 0 bridgehead atoms. The monoisotopic (exact) mass is 353 g/mol. The van der Waals surface area contributed by atoms with Gasteiger partial charge in [-0.25, -0.2) is 4.98 Å². The Balaban J connectivity index is 1.57. The van der Waals surface area contributed by atoms with E-state index in [0.717, 1.165) is 54.0 Å². The number of nitrogens with zero attached hydrogens (tertiary/aromatic N) is 1. The van der Waals surface area contributed by atoms with E-state index in [4.69, 9.17) is 16.3 Å². The first-order valence-corrected chi connectivity index (χ1v) is 8.94. The molecule has 0 radical (unpaired) electrons. The third kappa shape index (κ3) is 3.86. The SMILES string of the molecule is Clc1ccccc1Nc1cc2cc(OC3CCNCC3)ccc2cn1. The van der Waals surface area contributed by atoms with Crippen LogP contribution in [0.1, 0.15) is 12.8 Å². The van der Waals surface area contributed by atoms with Gasteiger partial charge in [-0.3, -0.25) is 0 Å². The van der Waals surface area contributed by atoms with Crippen LogP contribution in [0.5, 0.6) is 5.75 Å². The van der Waals surface area contributed by atoms with Gasteiger partial charge in [-0.1, -0.05) is 23.7 Å². The number of nitrogens with one attached hydrogen (secondary N) is 2. The second-order valence-electron chi connectivity index (χ2n) is 6.25. The minimum Gasteiger partial charge on any atom is -0.490 e. The highest BCUT2D eigenvalue weighted by Crippen LogP contribution is 2.28. The van der Waals surface area contributed by atoms with Crippen LogP contribution in [0.3, 0.4) is 0 Å². The van der Waals surface area contributed by atoms with Crippen molar-refractivity contribution in [2.75, 3.05) is 18.4 Å². The van der Waals surface area contributed by atoms with Crippen LogP contribution in [0.25, 0.3) is 10.8 Å². The molecule has 2 heterocycles. The zero-order valence-corrected chi connectivity index (χ0v) is 14.6. The fourth-order valence-electron chi connectivity index (χ4n) is 3.07. The zero-order valence-electron chi connectivity index (χ0n) is 13.8. The summed E-state index contributed by atoms with van der Waals surface area (Å²) in [6.45, 7) is 2.04. The molecule has 0 atom stereocenters. The first kappa shape index (κ1) is 16.2. The average molecular weight is 354 g/mol. The molecule has 1 fully saturated rings. The predicted molar refractivity (Wildman–Crippen MR) is 103 cm³/mol. The largest absolute Gasteiger partial charge is 0.490 e. The van der Waals surface area contributed by atoms with Gasteiger partial charge in [-0.15, -0.1) is 0 Å².